The molecule has 0 fully saturated rings. The number of halogens is 2. The fourth-order valence-corrected chi connectivity index (χ4v) is 1.89. The molecular formula is C12H18BrClN2O. The molecule has 1 rings (SSSR count). The number of methoxy groups -OCH3 is 1. The Morgan fingerprint density at radius 2 is 2.24 bits per heavy atom. The van der Waals surface area contributed by atoms with Crippen LogP contribution in [0.25, 0.3) is 0 Å². The first-order valence-electron chi connectivity index (χ1n) is 5.43. The number of benzene rings is 1. The SMILES string of the molecule is COCCC(C)(CN)Nc1ccc(Br)c(Cl)c1. The normalized spacial score (nSPS) is 14.4. The smallest absolute Gasteiger partial charge is 0.0568 e. The number of nitrogens with one attached hydrogen (secondary N) is 1. The van der Waals surface area contributed by atoms with Crippen LogP contribution in [-0.4, -0.2) is 25.8 Å². The van der Waals surface area contributed by atoms with Crippen LogP contribution in [0.4, 0.5) is 5.69 Å². The lowest BCUT2D eigenvalue weighted by Gasteiger charge is -2.30. The van der Waals surface area contributed by atoms with Gasteiger partial charge in [0.2, 0.25) is 0 Å². The fraction of sp³-hybridized carbons (Fsp3) is 0.500. The molecule has 0 spiro atoms. The topological polar surface area (TPSA) is 47.3 Å². The highest BCUT2D eigenvalue weighted by Gasteiger charge is 2.21. The molecular weight excluding hydrogens is 304 g/mol. The number of hydrogen-bond acceptors (Lipinski definition) is 3. The molecule has 0 radical (unpaired) electrons. The zero-order valence-electron chi connectivity index (χ0n) is 10.1. The summed E-state index contributed by atoms with van der Waals surface area (Å²) in [6, 6.07) is 5.76. The van der Waals surface area contributed by atoms with Gasteiger partial charge >= 0.3 is 0 Å². The Bertz CT molecular complexity index is 376. The lowest BCUT2D eigenvalue weighted by molar-refractivity contribution is 0.177. The van der Waals surface area contributed by atoms with E-state index in [1.54, 1.807) is 7.11 Å². The molecule has 1 aromatic carbocycles. The molecule has 0 saturated carbocycles. The summed E-state index contributed by atoms with van der Waals surface area (Å²) in [6.45, 7) is 3.27. The third kappa shape index (κ3) is 4.47. The van der Waals surface area contributed by atoms with Gasteiger partial charge in [-0.05, 0) is 47.5 Å². The summed E-state index contributed by atoms with van der Waals surface area (Å²) in [5, 5.41) is 4.08. The molecule has 5 heteroatoms. The molecule has 0 aliphatic carbocycles. The Kier molecular flexibility index (Phi) is 5.73. The third-order valence-electron chi connectivity index (χ3n) is 2.67. The van der Waals surface area contributed by atoms with Crippen molar-refractivity contribution >= 4 is 33.2 Å². The zero-order chi connectivity index (χ0) is 12.9. The summed E-state index contributed by atoms with van der Waals surface area (Å²) in [5.74, 6) is 0. The standard InChI is InChI=1S/C12H18BrClN2O/c1-12(8-15,5-6-17-2)16-9-3-4-10(13)11(14)7-9/h3-4,7,16H,5-6,8,15H2,1-2H3. The van der Waals surface area contributed by atoms with Crippen molar-refractivity contribution in [1.82, 2.24) is 0 Å². The van der Waals surface area contributed by atoms with Gasteiger partial charge in [0.15, 0.2) is 0 Å². The molecule has 1 atom stereocenters. The average molecular weight is 322 g/mol. The van der Waals surface area contributed by atoms with E-state index in [1.165, 1.54) is 0 Å². The predicted molar refractivity (Wildman–Crippen MR) is 76.7 cm³/mol. The van der Waals surface area contributed by atoms with E-state index in [9.17, 15) is 0 Å². The minimum absolute atomic E-state index is 0.187. The van der Waals surface area contributed by atoms with Crippen LogP contribution in [0.3, 0.4) is 0 Å². The van der Waals surface area contributed by atoms with Crippen molar-refractivity contribution in [1.29, 1.82) is 0 Å². The largest absolute Gasteiger partial charge is 0.385 e. The van der Waals surface area contributed by atoms with Gasteiger partial charge in [-0.1, -0.05) is 11.6 Å². The molecule has 0 aromatic heterocycles. The van der Waals surface area contributed by atoms with Crippen molar-refractivity contribution in [2.45, 2.75) is 18.9 Å². The van der Waals surface area contributed by atoms with Gasteiger partial charge in [0.1, 0.15) is 0 Å². The van der Waals surface area contributed by atoms with E-state index in [2.05, 4.69) is 28.2 Å². The summed E-state index contributed by atoms with van der Waals surface area (Å²) < 4.78 is 5.98. The second-order valence-corrected chi connectivity index (χ2v) is 5.52. The van der Waals surface area contributed by atoms with Gasteiger partial charge in [0.25, 0.3) is 0 Å². The molecule has 0 saturated heterocycles. The summed E-state index contributed by atoms with van der Waals surface area (Å²) in [4.78, 5) is 0. The Balaban J connectivity index is 2.76. The van der Waals surface area contributed by atoms with E-state index in [0.29, 0.717) is 18.2 Å². The summed E-state index contributed by atoms with van der Waals surface area (Å²) in [6.07, 6.45) is 0.841. The number of nitrogens with two attached hydrogens (primary N) is 1. The number of hydrogen-bond donors (Lipinski definition) is 2. The maximum absolute atomic E-state index is 6.05. The van der Waals surface area contributed by atoms with Crippen LogP contribution in [0.15, 0.2) is 22.7 Å². The first-order chi connectivity index (χ1) is 8.00. The summed E-state index contributed by atoms with van der Waals surface area (Å²) in [5.41, 5.74) is 6.58. The van der Waals surface area contributed by atoms with E-state index in [1.807, 2.05) is 18.2 Å². The fourth-order valence-electron chi connectivity index (χ4n) is 1.47. The van der Waals surface area contributed by atoms with Gasteiger partial charge < -0.3 is 15.8 Å². The molecule has 1 aromatic rings. The number of anilines is 1. The first kappa shape index (κ1) is 14.8. The second-order valence-electron chi connectivity index (χ2n) is 4.26. The molecule has 96 valence electrons. The zero-order valence-corrected chi connectivity index (χ0v) is 12.4. The molecule has 3 N–H and O–H groups in total. The van der Waals surface area contributed by atoms with Crippen molar-refractivity contribution in [3.8, 4) is 0 Å². The molecule has 0 aliphatic heterocycles. The number of rotatable bonds is 6. The molecule has 0 aliphatic rings. The molecule has 0 heterocycles. The quantitative estimate of drug-likeness (QED) is 0.845. The highest BCUT2D eigenvalue weighted by molar-refractivity contribution is 9.10. The second kappa shape index (κ2) is 6.59. The van der Waals surface area contributed by atoms with Crippen LogP contribution < -0.4 is 11.1 Å². The van der Waals surface area contributed by atoms with Crippen LogP contribution in [-0.2, 0) is 4.74 Å². The van der Waals surface area contributed by atoms with Crippen molar-refractivity contribution in [3.63, 3.8) is 0 Å². The van der Waals surface area contributed by atoms with Gasteiger partial charge in [-0.2, -0.15) is 0 Å². The predicted octanol–water partition coefficient (Wildman–Crippen LogP) is 3.27. The van der Waals surface area contributed by atoms with Gasteiger partial charge in [0, 0.05) is 36.0 Å². The van der Waals surface area contributed by atoms with E-state index < -0.39 is 0 Å². The van der Waals surface area contributed by atoms with Crippen LogP contribution in [0.2, 0.25) is 5.02 Å². The van der Waals surface area contributed by atoms with Gasteiger partial charge in [-0.3, -0.25) is 0 Å². The minimum atomic E-state index is -0.187. The van der Waals surface area contributed by atoms with Gasteiger partial charge in [-0.25, -0.2) is 0 Å². The van der Waals surface area contributed by atoms with Gasteiger partial charge in [0.05, 0.1) is 5.02 Å². The van der Waals surface area contributed by atoms with Crippen LogP contribution in [0.1, 0.15) is 13.3 Å². The summed E-state index contributed by atoms with van der Waals surface area (Å²) in [7, 11) is 1.69. The third-order valence-corrected chi connectivity index (χ3v) is 3.91. The molecule has 17 heavy (non-hydrogen) atoms. The average Bonchev–Trinajstić information content (AvgIpc) is 2.31. The Morgan fingerprint density at radius 1 is 1.53 bits per heavy atom. The highest BCUT2D eigenvalue weighted by atomic mass is 79.9. The Labute approximate surface area is 116 Å². The monoisotopic (exact) mass is 320 g/mol. The lowest BCUT2D eigenvalue weighted by Crippen LogP contribution is -2.43. The molecule has 3 nitrogen and oxygen atoms in total. The van der Waals surface area contributed by atoms with Crippen molar-refractivity contribution < 1.29 is 4.74 Å². The van der Waals surface area contributed by atoms with E-state index in [0.717, 1.165) is 16.6 Å². The van der Waals surface area contributed by atoms with E-state index in [-0.39, 0.29) is 5.54 Å². The van der Waals surface area contributed by atoms with Crippen molar-refractivity contribution in [3.05, 3.63) is 27.7 Å². The Hall–Kier alpha value is -0.290. The maximum atomic E-state index is 6.05. The van der Waals surface area contributed by atoms with E-state index in [4.69, 9.17) is 22.1 Å². The lowest BCUT2D eigenvalue weighted by atomic mass is 9.98. The summed E-state index contributed by atoms with van der Waals surface area (Å²) >= 11 is 9.41. The molecule has 0 bridgehead atoms. The maximum Gasteiger partial charge on any atom is 0.0568 e. The van der Waals surface area contributed by atoms with Crippen LogP contribution in [0.5, 0.6) is 0 Å². The minimum Gasteiger partial charge on any atom is -0.385 e. The van der Waals surface area contributed by atoms with Crippen molar-refractivity contribution in [2.75, 3.05) is 25.6 Å². The van der Waals surface area contributed by atoms with E-state index >= 15 is 0 Å². The van der Waals surface area contributed by atoms with Crippen LogP contribution in [0, 0.1) is 0 Å². The molecule has 0 amide bonds. The molecule has 1 unspecified atom stereocenters. The van der Waals surface area contributed by atoms with Crippen LogP contribution >= 0.6 is 27.5 Å². The Morgan fingerprint density at radius 3 is 2.76 bits per heavy atom. The number of ether oxygens (including phenoxy) is 1. The van der Waals surface area contributed by atoms with Gasteiger partial charge in [-0.15, -0.1) is 0 Å². The van der Waals surface area contributed by atoms with Crippen molar-refractivity contribution in [2.24, 2.45) is 5.73 Å². The first-order valence-corrected chi connectivity index (χ1v) is 6.60. The highest BCUT2D eigenvalue weighted by Crippen LogP contribution is 2.27.